The second-order valence-electron chi connectivity index (χ2n) is 8.51. The maximum absolute atomic E-state index is 12.0. The highest BCUT2D eigenvalue weighted by Gasteiger charge is 2.38. The molecule has 0 spiro atoms. The van der Waals surface area contributed by atoms with E-state index in [0.29, 0.717) is 5.56 Å². The molecule has 1 atom stereocenters. The minimum atomic E-state index is -4.36. The molecule has 0 bridgehead atoms. The molecule has 1 N–H and O–H groups in total. The molecular weight excluding hydrogens is 444 g/mol. The Labute approximate surface area is 201 Å². The second-order valence-corrected chi connectivity index (χ2v) is 9.90. The van der Waals surface area contributed by atoms with Crippen LogP contribution in [-0.4, -0.2) is 19.6 Å². The van der Waals surface area contributed by atoms with Crippen LogP contribution in [0.2, 0.25) is 0 Å². The minimum Gasteiger partial charge on any atom is -0.360 e. The lowest BCUT2D eigenvalue weighted by Crippen LogP contribution is -2.34. The van der Waals surface area contributed by atoms with Gasteiger partial charge in [0.2, 0.25) is 0 Å². The maximum atomic E-state index is 12.0. The van der Waals surface area contributed by atoms with Crippen molar-refractivity contribution in [3.05, 3.63) is 137 Å². The van der Waals surface area contributed by atoms with Crippen molar-refractivity contribution in [2.45, 2.75) is 30.3 Å². The molecule has 4 rings (SSSR count). The summed E-state index contributed by atoms with van der Waals surface area (Å²) < 4.78 is 40.7. The third-order valence-corrected chi connectivity index (χ3v) is 6.99. The Kier molecular flexibility index (Phi) is 6.98. The molecule has 4 nitrogen and oxygen atoms in total. The molecule has 174 valence electrons. The monoisotopic (exact) mass is 472 g/mol. The van der Waals surface area contributed by atoms with Gasteiger partial charge in [-0.1, -0.05) is 116 Å². The largest absolute Gasteiger partial charge is 0.360 e. The molecule has 0 amide bonds. The summed E-state index contributed by atoms with van der Waals surface area (Å²) in [7, 11) is -4.36. The molecule has 4 aromatic rings. The molecule has 0 aromatic heterocycles. The maximum Gasteiger partial charge on any atom is 0.294 e. The van der Waals surface area contributed by atoms with Crippen molar-refractivity contribution >= 4 is 10.1 Å². The molecule has 0 aliphatic carbocycles. The Bertz CT molecular complexity index is 1240. The van der Waals surface area contributed by atoms with E-state index in [-0.39, 0.29) is 17.4 Å². The summed E-state index contributed by atoms with van der Waals surface area (Å²) in [6.07, 6.45) is 0. The first kappa shape index (κ1) is 23.9. The van der Waals surface area contributed by atoms with Crippen molar-refractivity contribution in [2.75, 3.05) is 6.61 Å². The molecule has 34 heavy (non-hydrogen) atoms. The Morgan fingerprint density at radius 2 is 1.21 bits per heavy atom. The molecule has 0 aliphatic heterocycles. The van der Waals surface area contributed by atoms with Gasteiger partial charge in [0.25, 0.3) is 10.1 Å². The summed E-state index contributed by atoms with van der Waals surface area (Å²) >= 11 is 0. The summed E-state index contributed by atoms with van der Waals surface area (Å²) in [5.41, 5.74) is 3.46. The van der Waals surface area contributed by atoms with Gasteiger partial charge in [-0.15, -0.1) is 0 Å². The number of rotatable bonds is 8. The first-order chi connectivity index (χ1) is 16.3. The van der Waals surface area contributed by atoms with E-state index in [1.807, 2.05) is 105 Å². The molecule has 0 saturated heterocycles. The van der Waals surface area contributed by atoms with Gasteiger partial charge < -0.3 is 4.74 Å². The van der Waals surface area contributed by atoms with E-state index in [2.05, 4.69) is 0 Å². The van der Waals surface area contributed by atoms with Crippen LogP contribution in [0.15, 0.2) is 114 Å². The molecule has 4 aromatic carbocycles. The van der Waals surface area contributed by atoms with E-state index in [9.17, 15) is 13.0 Å². The first-order valence-corrected chi connectivity index (χ1v) is 12.6. The van der Waals surface area contributed by atoms with Crippen molar-refractivity contribution in [2.24, 2.45) is 0 Å². The molecular formula is C29H28O4S. The minimum absolute atomic E-state index is 0.0843. The summed E-state index contributed by atoms with van der Waals surface area (Å²) in [5.74, 6) is -0.299. The van der Waals surface area contributed by atoms with Crippen molar-refractivity contribution in [3.8, 4) is 0 Å². The van der Waals surface area contributed by atoms with Gasteiger partial charge in [0.1, 0.15) is 5.60 Å². The van der Waals surface area contributed by atoms with Crippen LogP contribution < -0.4 is 0 Å². The number of benzene rings is 4. The Balaban J connectivity index is 1.83. The van der Waals surface area contributed by atoms with Gasteiger partial charge in [-0.05, 0) is 35.2 Å². The summed E-state index contributed by atoms with van der Waals surface area (Å²) in [4.78, 5) is -0.0843. The Morgan fingerprint density at radius 3 is 1.62 bits per heavy atom. The van der Waals surface area contributed by atoms with Gasteiger partial charge in [-0.25, -0.2) is 0 Å². The van der Waals surface area contributed by atoms with Gasteiger partial charge in [0.05, 0.1) is 11.5 Å². The molecule has 0 radical (unpaired) electrons. The third-order valence-electron chi connectivity index (χ3n) is 6.06. The van der Waals surface area contributed by atoms with Crippen LogP contribution in [0, 0.1) is 6.92 Å². The van der Waals surface area contributed by atoms with E-state index < -0.39 is 15.7 Å². The first-order valence-electron chi connectivity index (χ1n) is 11.2. The summed E-state index contributed by atoms with van der Waals surface area (Å²) in [5, 5.41) is 0. The van der Waals surface area contributed by atoms with Crippen molar-refractivity contribution in [1.82, 2.24) is 0 Å². The van der Waals surface area contributed by atoms with Gasteiger partial charge >= 0.3 is 0 Å². The SMILES string of the molecule is Cc1ccc(S(=O)(=O)O)c(C(C)COC(c2ccccc2)(c2ccccc2)c2ccccc2)c1. The zero-order chi connectivity index (χ0) is 24.2. The molecule has 0 fully saturated rings. The highest BCUT2D eigenvalue weighted by molar-refractivity contribution is 7.85. The molecule has 0 saturated carbocycles. The van der Waals surface area contributed by atoms with Gasteiger partial charge in [0, 0.05) is 5.92 Å². The fourth-order valence-corrected chi connectivity index (χ4v) is 5.19. The van der Waals surface area contributed by atoms with Crippen LogP contribution in [0.5, 0.6) is 0 Å². The van der Waals surface area contributed by atoms with Gasteiger partial charge in [-0.3, -0.25) is 4.55 Å². The van der Waals surface area contributed by atoms with Crippen molar-refractivity contribution in [1.29, 1.82) is 0 Å². The normalized spacial score (nSPS) is 12.9. The Morgan fingerprint density at radius 1 is 0.765 bits per heavy atom. The van der Waals surface area contributed by atoms with Crippen LogP contribution in [0.3, 0.4) is 0 Å². The molecule has 0 heterocycles. The Hall–Kier alpha value is -3.25. The highest BCUT2D eigenvalue weighted by Crippen LogP contribution is 2.41. The third kappa shape index (κ3) is 4.82. The lowest BCUT2D eigenvalue weighted by molar-refractivity contribution is 0.00590. The molecule has 5 heteroatoms. The number of hydrogen-bond acceptors (Lipinski definition) is 3. The average Bonchev–Trinajstić information content (AvgIpc) is 2.85. The van der Waals surface area contributed by atoms with Gasteiger partial charge in [-0.2, -0.15) is 8.42 Å². The fourth-order valence-electron chi connectivity index (χ4n) is 4.40. The smallest absolute Gasteiger partial charge is 0.294 e. The molecule has 1 unspecified atom stereocenters. The zero-order valence-corrected chi connectivity index (χ0v) is 20.1. The van der Waals surface area contributed by atoms with E-state index in [1.54, 1.807) is 12.1 Å². The van der Waals surface area contributed by atoms with E-state index >= 15 is 0 Å². The molecule has 0 aliphatic rings. The number of hydrogen-bond donors (Lipinski definition) is 1. The summed E-state index contributed by atoms with van der Waals surface area (Å²) in [6.45, 7) is 4.03. The van der Waals surface area contributed by atoms with Crippen LogP contribution in [0.25, 0.3) is 0 Å². The van der Waals surface area contributed by atoms with Crippen molar-refractivity contribution in [3.63, 3.8) is 0 Å². The lowest BCUT2D eigenvalue weighted by Gasteiger charge is -2.37. The quantitative estimate of drug-likeness (QED) is 0.240. The lowest BCUT2D eigenvalue weighted by atomic mass is 9.80. The fraction of sp³-hybridized carbons (Fsp3) is 0.172. The summed E-state index contributed by atoms with van der Waals surface area (Å²) in [6, 6.07) is 35.0. The predicted molar refractivity (Wildman–Crippen MR) is 135 cm³/mol. The standard InChI is InChI=1S/C29H28O4S/c1-22-18-19-28(34(30,31)32)27(20-22)23(2)21-33-29(24-12-6-3-7-13-24,25-14-8-4-9-15-25)26-16-10-5-11-17-26/h3-20,23H,21H2,1-2H3,(H,30,31,32). The van der Waals surface area contributed by atoms with Crippen LogP contribution >= 0.6 is 0 Å². The van der Waals surface area contributed by atoms with Crippen LogP contribution in [0.4, 0.5) is 0 Å². The van der Waals surface area contributed by atoms with Crippen molar-refractivity contribution < 1.29 is 17.7 Å². The van der Waals surface area contributed by atoms with Crippen LogP contribution in [0.1, 0.15) is 40.7 Å². The predicted octanol–water partition coefficient (Wildman–Crippen LogP) is 6.35. The van der Waals surface area contributed by atoms with Gasteiger partial charge in [0.15, 0.2) is 0 Å². The second kappa shape index (κ2) is 9.94. The highest BCUT2D eigenvalue weighted by atomic mass is 32.2. The van der Waals surface area contributed by atoms with E-state index in [1.165, 1.54) is 6.07 Å². The average molecular weight is 473 g/mol. The van der Waals surface area contributed by atoms with E-state index in [0.717, 1.165) is 22.3 Å². The van der Waals surface area contributed by atoms with Crippen LogP contribution in [-0.2, 0) is 20.5 Å². The zero-order valence-electron chi connectivity index (χ0n) is 19.3. The number of aryl methyl sites for hydroxylation is 1. The number of ether oxygens (including phenoxy) is 1. The van der Waals surface area contributed by atoms with E-state index in [4.69, 9.17) is 4.74 Å². The topological polar surface area (TPSA) is 63.6 Å².